The Hall–Kier alpha value is -3.42. The molecule has 0 atom stereocenters. The highest BCUT2D eigenvalue weighted by atomic mass is 19.2. The zero-order chi connectivity index (χ0) is 19.3. The fourth-order valence-corrected chi connectivity index (χ4v) is 3.22. The Morgan fingerprint density at radius 1 is 1.15 bits per heavy atom. The fraction of sp³-hybridized carbons (Fsp3) is 0.158. The molecule has 4 rings (SSSR count). The van der Waals surface area contributed by atoms with E-state index in [-0.39, 0.29) is 29.4 Å². The molecule has 1 aliphatic heterocycles. The van der Waals surface area contributed by atoms with Gasteiger partial charge in [-0.15, -0.1) is 0 Å². The molecule has 0 saturated carbocycles. The highest BCUT2D eigenvalue weighted by molar-refractivity contribution is 6.30. The molecule has 27 heavy (non-hydrogen) atoms. The van der Waals surface area contributed by atoms with E-state index in [1.165, 1.54) is 11.0 Å². The quantitative estimate of drug-likeness (QED) is 0.738. The number of hydrogen-bond donors (Lipinski definition) is 2. The van der Waals surface area contributed by atoms with Crippen molar-refractivity contribution < 1.29 is 18.6 Å². The van der Waals surface area contributed by atoms with Crippen LogP contribution in [0.5, 0.6) is 5.75 Å². The average molecular weight is 370 g/mol. The first-order valence-electron chi connectivity index (χ1n) is 8.15. The van der Waals surface area contributed by atoms with Crippen LogP contribution in [-0.2, 0) is 7.05 Å². The summed E-state index contributed by atoms with van der Waals surface area (Å²) in [5, 5.41) is 18.9. The normalized spacial score (nSPS) is 14.5. The Labute approximate surface area is 153 Å². The zero-order valence-electron chi connectivity index (χ0n) is 14.6. The molecule has 0 aliphatic carbocycles. The number of imidazole rings is 1. The van der Waals surface area contributed by atoms with Crippen molar-refractivity contribution in [2.24, 2.45) is 7.05 Å². The van der Waals surface area contributed by atoms with Gasteiger partial charge in [-0.2, -0.15) is 0 Å². The minimum Gasteiger partial charge on any atom is -0.509 e. The van der Waals surface area contributed by atoms with Crippen LogP contribution >= 0.6 is 0 Å². The summed E-state index contributed by atoms with van der Waals surface area (Å²) in [6.45, 7) is -0.0221. The van der Waals surface area contributed by atoms with Crippen molar-refractivity contribution in [3.05, 3.63) is 59.6 Å². The standard InChI is InChI=1S/C19H16F2N4O2/c1-24-15-6-4-11(27-2)8-14(15)23-19(24)17-16(26)9-25(18(17)22)10-3-5-12(20)13(21)7-10/h3-8,22,26H,9H2,1-2H3. The number of anilines is 1. The molecule has 2 N–H and O–H groups in total. The SMILES string of the molecule is COc1ccc2c(c1)nc(C1=C(O)CN(c3ccc(F)c(F)c3)C1=N)n2C. The predicted octanol–water partition coefficient (Wildman–Crippen LogP) is 3.63. The van der Waals surface area contributed by atoms with E-state index in [1.807, 2.05) is 6.07 Å². The summed E-state index contributed by atoms with van der Waals surface area (Å²) >= 11 is 0. The third-order valence-corrected chi connectivity index (χ3v) is 4.63. The lowest BCUT2D eigenvalue weighted by Gasteiger charge is -2.19. The molecule has 8 heteroatoms. The molecule has 0 amide bonds. The van der Waals surface area contributed by atoms with Gasteiger partial charge in [-0.25, -0.2) is 13.8 Å². The van der Waals surface area contributed by atoms with Crippen molar-refractivity contribution in [3.8, 4) is 5.75 Å². The van der Waals surface area contributed by atoms with Gasteiger partial charge in [-0.05, 0) is 24.3 Å². The number of aromatic nitrogens is 2. The van der Waals surface area contributed by atoms with Crippen molar-refractivity contribution in [2.75, 3.05) is 18.6 Å². The molecular formula is C19H16F2N4O2. The Morgan fingerprint density at radius 2 is 1.93 bits per heavy atom. The van der Waals surface area contributed by atoms with Crippen molar-refractivity contribution in [1.82, 2.24) is 9.55 Å². The van der Waals surface area contributed by atoms with E-state index in [2.05, 4.69) is 4.98 Å². The number of methoxy groups -OCH3 is 1. The highest BCUT2D eigenvalue weighted by Gasteiger charge is 2.32. The molecule has 6 nitrogen and oxygen atoms in total. The number of halogens is 2. The highest BCUT2D eigenvalue weighted by Crippen LogP contribution is 2.33. The van der Waals surface area contributed by atoms with Gasteiger partial charge in [-0.1, -0.05) is 0 Å². The first-order valence-corrected chi connectivity index (χ1v) is 8.15. The molecular weight excluding hydrogens is 354 g/mol. The number of amidine groups is 1. The van der Waals surface area contributed by atoms with Gasteiger partial charge in [0.25, 0.3) is 0 Å². The van der Waals surface area contributed by atoms with Crippen LogP contribution < -0.4 is 9.64 Å². The van der Waals surface area contributed by atoms with Crippen LogP contribution in [0.2, 0.25) is 0 Å². The van der Waals surface area contributed by atoms with E-state index >= 15 is 0 Å². The van der Waals surface area contributed by atoms with Crippen LogP contribution in [-0.4, -0.2) is 34.1 Å². The number of aliphatic hydroxyl groups is 1. The third kappa shape index (κ3) is 2.61. The van der Waals surface area contributed by atoms with Crippen molar-refractivity contribution >= 4 is 28.1 Å². The second-order valence-corrected chi connectivity index (χ2v) is 6.20. The van der Waals surface area contributed by atoms with Crippen molar-refractivity contribution in [3.63, 3.8) is 0 Å². The zero-order valence-corrected chi connectivity index (χ0v) is 14.6. The van der Waals surface area contributed by atoms with E-state index in [0.717, 1.165) is 17.6 Å². The number of aliphatic hydroxyl groups excluding tert-OH is 1. The number of hydrogen-bond acceptors (Lipinski definition) is 4. The second kappa shape index (κ2) is 6.08. The maximum Gasteiger partial charge on any atom is 0.160 e. The molecule has 1 aliphatic rings. The number of nitrogens with zero attached hydrogens (tertiary/aromatic N) is 3. The Morgan fingerprint density at radius 3 is 2.63 bits per heavy atom. The molecule has 0 saturated heterocycles. The molecule has 138 valence electrons. The number of aryl methyl sites for hydroxylation is 1. The molecule has 1 aromatic heterocycles. The van der Waals surface area contributed by atoms with Crippen molar-refractivity contribution in [1.29, 1.82) is 5.41 Å². The number of nitrogens with one attached hydrogen (secondary N) is 1. The molecule has 3 aromatic rings. The maximum atomic E-state index is 13.6. The molecule has 0 bridgehead atoms. The maximum absolute atomic E-state index is 13.6. The van der Waals surface area contributed by atoms with Gasteiger partial charge >= 0.3 is 0 Å². The lowest BCUT2D eigenvalue weighted by atomic mass is 10.2. The van der Waals surface area contributed by atoms with Gasteiger partial charge in [0.15, 0.2) is 11.6 Å². The molecule has 0 fully saturated rings. The van der Waals surface area contributed by atoms with Crippen LogP contribution in [0.25, 0.3) is 16.6 Å². The van der Waals surface area contributed by atoms with Crippen molar-refractivity contribution in [2.45, 2.75) is 0 Å². The minimum absolute atomic E-state index is 0.0221. The molecule has 0 radical (unpaired) electrons. The smallest absolute Gasteiger partial charge is 0.160 e. The Bertz CT molecular complexity index is 1120. The Kier molecular flexibility index (Phi) is 3.83. The molecule has 2 heterocycles. The van der Waals surface area contributed by atoms with Crippen LogP contribution in [0.15, 0.2) is 42.2 Å². The van der Waals surface area contributed by atoms with E-state index in [4.69, 9.17) is 10.1 Å². The van der Waals surface area contributed by atoms with Gasteiger partial charge in [0.1, 0.15) is 23.2 Å². The molecule has 2 aromatic carbocycles. The van der Waals surface area contributed by atoms with Crippen LogP contribution in [0.1, 0.15) is 5.82 Å². The van der Waals surface area contributed by atoms with Gasteiger partial charge in [0, 0.05) is 24.9 Å². The monoisotopic (exact) mass is 370 g/mol. The topological polar surface area (TPSA) is 74.4 Å². The van der Waals surface area contributed by atoms with Gasteiger partial charge in [0.05, 0.1) is 30.3 Å². The first-order chi connectivity index (χ1) is 12.9. The van der Waals surface area contributed by atoms with Crippen LogP contribution in [0.4, 0.5) is 14.5 Å². The molecule has 0 spiro atoms. The number of fused-ring (bicyclic) bond motifs is 1. The van der Waals surface area contributed by atoms with E-state index in [1.54, 1.807) is 30.9 Å². The van der Waals surface area contributed by atoms with Crippen LogP contribution in [0, 0.1) is 17.0 Å². The fourth-order valence-electron chi connectivity index (χ4n) is 3.22. The molecule has 0 unspecified atom stereocenters. The Balaban J connectivity index is 1.77. The number of ether oxygens (including phenoxy) is 1. The number of rotatable bonds is 3. The lowest BCUT2D eigenvalue weighted by molar-refractivity contribution is 0.411. The summed E-state index contributed by atoms with van der Waals surface area (Å²) < 4.78 is 33.8. The lowest BCUT2D eigenvalue weighted by Crippen LogP contribution is -2.26. The summed E-state index contributed by atoms with van der Waals surface area (Å²) in [4.78, 5) is 5.92. The summed E-state index contributed by atoms with van der Waals surface area (Å²) in [5.74, 6) is -1.02. The van der Waals surface area contributed by atoms with E-state index < -0.39 is 11.6 Å². The second-order valence-electron chi connectivity index (χ2n) is 6.20. The summed E-state index contributed by atoms with van der Waals surface area (Å²) in [5.41, 5.74) is 2.00. The minimum atomic E-state index is -1.01. The van der Waals surface area contributed by atoms with Crippen LogP contribution in [0.3, 0.4) is 0 Å². The average Bonchev–Trinajstić information content (AvgIpc) is 3.13. The summed E-state index contributed by atoms with van der Waals surface area (Å²) in [6, 6.07) is 8.77. The first kappa shape index (κ1) is 17.0. The number of benzene rings is 2. The van der Waals surface area contributed by atoms with Gasteiger partial charge < -0.3 is 19.3 Å². The third-order valence-electron chi connectivity index (χ3n) is 4.63. The van der Waals surface area contributed by atoms with E-state index in [0.29, 0.717) is 17.1 Å². The van der Waals surface area contributed by atoms with Gasteiger partial charge in [0.2, 0.25) is 0 Å². The van der Waals surface area contributed by atoms with E-state index in [9.17, 15) is 13.9 Å². The summed E-state index contributed by atoms with van der Waals surface area (Å²) in [7, 11) is 3.34. The predicted molar refractivity (Wildman–Crippen MR) is 98.2 cm³/mol. The largest absolute Gasteiger partial charge is 0.509 e. The summed E-state index contributed by atoms with van der Waals surface area (Å²) in [6.07, 6.45) is 0. The van der Waals surface area contributed by atoms with Gasteiger partial charge in [-0.3, -0.25) is 5.41 Å².